The van der Waals surface area contributed by atoms with Gasteiger partial charge in [0.1, 0.15) is 6.04 Å². The second kappa shape index (κ2) is 5.29. The van der Waals surface area contributed by atoms with E-state index >= 15 is 0 Å². The highest BCUT2D eigenvalue weighted by Gasteiger charge is 2.19. The van der Waals surface area contributed by atoms with Crippen LogP contribution in [0.5, 0.6) is 0 Å². The Bertz CT molecular complexity index is 387. The minimum atomic E-state index is -1.04. The van der Waals surface area contributed by atoms with E-state index in [-0.39, 0.29) is 6.42 Å². The van der Waals surface area contributed by atoms with Crippen LogP contribution in [0.3, 0.4) is 0 Å². The first kappa shape index (κ1) is 12.2. The van der Waals surface area contributed by atoms with E-state index in [0.29, 0.717) is 6.41 Å². The lowest BCUT2D eigenvalue weighted by molar-refractivity contribution is -0.140. The number of aliphatic carboxylic acids is 1. The Morgan fingerprint density at radius 2 is 2.44 bits per heavy atom. The van der Waals surface area contributed by atoms with Crippen molar-refractivity contribution in [1.82, 2.24) is 15.1 Å². The number of hydrogen-bond donors (Lipinski definition) is 2. The quantitative estimate of drug-likeness (QED) is 0.652. The van der Waals surface area contributed by atoms with Crippen LogP contribution < -0.4 is 5.32 Å². The van der Waals surface area contributed by atoms with Crippen LogP contribution >= 0.6 is 0 Å². The molecule has 0 aliphatic rings. The molecule has 1 atom stereocenters. The zero-order valence-electron chi connectivity index (χ0n) is 9.30. The topological polar surface area (TPSA) is 84.2 Å². The van der Waals surface area contributed by atoms with Gasteiger partial charge in [0.15, 0.2) is 0 Å². The molecule has 6 nitrogen and oxygen atoms in total. The summed E-state index contributed by atoms with van der Waals surface area (Å²) < 4.78 is 1.65. The minimum Gasteiger partial charge on any atom is -0.480 e. The largest absolute Gasteiger partial charge is 0.480 e. The number of nitrogens with zero attached hydrogens (tertiary/aromatic N) is 2. The number of carboxylic acids is 1. The van der Waals surface area contributed by atoms with Gasteiger partial charge < -0.3 is 10.4 Å². The zero-order chi connectivity index (χ0) is 12.1. The molecular formula is C10H15N3O3. The second-order valence-corrected chi connectivity index (χ2v) is 3.51. The van der Waals surface area contributed by atoms with Crippen molar-refractivity contribution in [3.05, 3.63) is 17.5 Å². The van der Waals surface area contributed by atoms with E-state index in [1.54, 1.807) is 17.9 Å². The van der Waals surface area contributed by atoms with E-state index < -0.39 is 12.0 Å². The minimum absolute atomic E-state index is 0.255. The molecule has 0 radical (unpaired) electrons. The van der Waals surface area contributed by atoms with Gasteiger partial charge in [-0.3, -0.25) is 9.48 Å². The molecule has 0 aliphatic heterocycles. The number of aromatic nitrogens is 2. The average molecular weight is 225 g/mol. The van der Waals surface area contributed by atoms with E-state index in [1.807, 2.05) is 6.92 Å². The molecule has 88 valence electrons. The highest BCUT2D eigenvalue weighted by Crippen LogP contribution is 2.10. The number of carboxylic acid groups (broad SMARTS) is 1. The van der Waals surface area contributed by atoms with Crippen molar-refractivity contribution in [2.75, 3.05) is 0 Å². The lowest BCUT2D eigenvalue weighted by Crippen LogP contribution is -2.37. The number of rotatable bonds is 6. The maximum Gasteiger partial charge on any atom is 0.326 e. The predicted octanol–water partition coefficient (Wildman–Crippen LogP) is -0.276. The first-order chi connectivity index (χ1) is 7.58. The molecule has 1 rings (SSSR count). The molecule has 6 heteroatoms. The molecule has 1 heterocycles. The zero-order valence-corrected chi connectivity index (χ0v) is 9.30. The molecule has 0 fully saturated rings. The van der Waals surface area contributed by atoms with Crippen LogP contribution in [0, 0.1) is 0 Å². The van der Waals surface area contributed by atoms with Crippen molar-refractivity contribution < 1.29 is 14.7 Å². The molecule has 0 saturated carbocycles. The highest BCUT2D eigenvalue weighted by molar-refractivity contribution is 5.76. The van der Waals surface area contributed by atoms with Crippen LogP contribution in [-0.2, 0) is 29.5 Å². The summed E-state index contributed by atoms with van der Waals surface area (Å²) in [7, 11) is 1.78. The van der Waals surface area contributed by atoms with Crippen molar-refractivity contribution in [3.63, 3.8) is 0 Å². The molecule has 1 aromatic rings. The fraction of sp³-hybridized carbons (Fsp3) is 0.500. The Morgan fingerprint density at radius 3 is 2.94 bits per heavy atom. The van der Waals surface area contributed by atoms with Gasteiger partial charge in [0, 0.05) is 19.7 Å². The maximum absolute atomic E-state index is 10.9. The van der Waals surface area contributed by atoms with Gasteiger partial charge in [0.2, 0.25) is 6.41 Å². The van der Waals surface area contributed by atoms with Crippen molar-refractivity contribution >= 4 is 12.4 Å². The van der Waals surface area contributed by atoms with Gasteiger partial charge >= 0.3 is 5.97 Å². The van der Waals surface area contributed by atoms with E-state index in [1.165, 1.54) is 0 Å². The van der Waals surface area contributed by atoms with Crippen LogP contribution in [0.1, 0.15) is 18.2 Å². The van der Waals surface area contributed by atoms with E-state index in [2.05, 4.69) is 10.4 Å². The molecule has 1 unspecified atom stereocenters. The Morgan fingerprint density at radius 1 is 1.75 bits per heavy atom. The number of carbonyl (C=O) groups is 2. The highest BCUT2D eigenvalue weighted by atomic mass is 16.4. The summed E-state index contributed by atoms with van der Waals surface area (Å²) in [5.74, 6) is -1.04. The van der Waals surface area contributed by atoms with E-state index in [9.17, 15) is 9.59 Å². The Hall–Kier alpha value is -1.85. The lowest BCUT2D eigenvalue weighted by atomic mass is 10.1. The third kappa shape index (κ3) is 2.82. The second-order valence-electron chi connectivity index (χ2n) is 3.51. The van der Waals surface area contributed by atoms with Crippen LogP contribution in [0.15, 0.2) is 6.20 Å². The predicted molar refractivity (Wildman–Crippen MR) is 56.9 cm³/mol. The lowest BCUT2D eigenvalue weighted by Gasteiger charge is -2.10. The van der Waals surface area contributed by atoms with Crippen molar-refractivity contribution in [1.29, 1.82) is 0 Å². The van der Waals surface area contributed by atoms with E-state index in [0.717, 1.165) is 17.7 Å². The number of amides is 1. The number of aryl methyl sites for hydroxylation is 2. The van der Waals surface area contributed by atoms with Gasteiger partial charge in [-0.05, 0) is 12.0 Å². The summed E-state index contributed by atoms with van der Waals surface area (Å²) in [6.07, 6.45) is 3.18. The molecule has 0 aliphatic carbocycles. The molecule has 0 aromatic carbocycles. The van der Waals surface area contributed by atoms with Gasteiger partial charge in [0.05, 0.1) is 5.69 Å². The standard InChI is InChI=1S/C10H15N3O3/c1-3-8-7(5-13(2)12-8)4-9(10(15)16)11-6-14/h5-6,9H,3-4H2,1-2H3,(H,11,14)(H,15,16). The number of carbonyl (C=O) groups excluding carboxylic acids is 1. The van der Waals surface area contributed by atoms with Gasteiger partial charge in [-0.1, -0.05) is 6.92 Å². The summed E-state index contributed by atoms with van der Waals surface area (Å²) in [4.78, 5) is 21.1. The molecule has 1 amide bonds. The maximum atomic E-state index is 10.9. The number of hydrogen-bond acceptors (Lipinski definition) is 3. The SMILES string of the molecule is CCc1nn(C)cc1CC(NC=O)C(=O)O. The smallest absolute Gasteiger partial charge is 0.326 e. The van der Waals surface area contributed by atoms with Crippen LogP contribution in [0.25, 0.3) is 0 Å². The van der Waals surface area contributed by atoms with Crippen molar-refractivity contribution in [2.24, 2.45) is 7.05 Å². The summed E-state index contributed by atoms with van der Waals surface area (Å²) in [6, 6.07) is -0.896. The van der Waals surface area contributed by atoms with Crippen molar-refractivity contribution in [3.8, 4) is 0 Å². The van der Waals surface area contributed by atoms with Gasteiger partial charge in [-0.25, -0.2) is 4.79 Å². The Labute approximate surface area is 93.3 Å². The van der Waals surface area contributed by atoms with Crippen LogP contribution in [0.4, 0.5) is 0 Å². The third-order valence-corrected chi connectivity index (χ3v) is 2.32. The third-order valence-electron chi connectivity index (χ3n) is 2.32. The summed E-state index contributed by atoms with van der Waals surface area (Å²) >= 11 is 0. The fourth-order valence-electron chi connectivity index (χ4n) is 1.57. The van der Waals surface area contributed by atoms with Crippen LogP contribution in [0.2, 0.25) is 0 Å². The molecule has 1 aromatic heterocycles. The summed E-state index contributed by atoms with van der Waals surface area (Å²) in [6.45, 7) is 1.95. The van der Waals surface area contributed by atoms with Gasteiger partial charge in [-0.2, -0.15) is 5.10 Å². The van der Waals surface area contributed by atoms with E-state index in [4.69, 9.17) is 5.11 Å². The molecule has 0 spiro atoms. The monoisotopic (exact) mass is 225 g/mol. The molecule has 2 N–H and O–H groups in total. The normalized spacial score (nSPS) is 12.1. The average Bonchev–Trinajstić information content (AvgIpc) is 2.58. The van der Waals surface area contributed by atoms with Crippen molar-refractivity contribution in [2.45, 2.75) is 25.8 Å². The summed E-state index contributed by atoms with van der Waals surface area (Å²) in [5.41, 5.74) is 1.72. The first-order valence-corrected chi connectivity index (χ1v) is 5.02. The summed E-state index contributed by atoms with van der Waals surface area (Å²) in [5, 5.41) is 15.4. The Balaban J connectivity index is 2.83. The molecule has 0 bridgehead atoms. The first-order valence-electron chi connectivity index (χ1n) is 5.02. The Kier molecular flexibility index (Phi) is 4.04. The molecular weight excluding hydrogens is 210 g/mol. The van der Waals surface area contributed by atoms with Crippen LogP contribution in [-0.4, -0.2) is 33.3 Å². The van der Waals surface area contributed by atoms with Gasteiger partial charge in [-0.15, -0.1) is 0 Å². The van der Waals surface area contributed by atoms with Gasteiger partial charge in [0.25, 0.3) is 0 Å². The fourth-order valence-corrected chi connectivity index (χ4v) is 1.57. The number of nitrogens with one attached hydrogen (secondary N) is 1. The molecule has 16 heavy (non-hydrogen) atoms. The molecule has 0 saturated heterocycles.